The Hall–Kier alpha value is -1.07. The fourth-order valence-electron chi connectivity index (χ4n) is 3.38. The molecule has 0 aromatic heterocycles. The minimum absolute atomic E-state index is 0.0809. The highest BCUT2D eigenvalue weighted by molar-refractivity contribution is 5.91. The first-order valence-corrected chi connectivity index (χ1v) is 9.18. The van der Waals surface area contributed by atoms with Gasteiger partial charge < -0.3 is 19.9 Å². The number of rotatable bonds is 8. The van der Waals surface area contributed by atoms with Crippen LogP contribution in [0.15, 0.2) is 11.8 Å². The zero-order valence-electron chi connectivity index (χ0n) is 13.8. The molecule has 0 radical (unpaired) electrons. The summed E-state index contributed by atoms with van der Waals surface area (Å²) in [4.78, 5) is 12.4. The van der Waals surface area contributed by atoms with E-state index in [1.807, 2.05) is 6.08 Å². The van der Waals surface area contributed by atoms with E-state index in [1.54, 1.807) is 0 Å². The number of aliphatic hydroxyl groups is 1. The second-order valence-corrected chi connectivity index (χ2v) is 7.07. The normalized spacial score (nSPS) is 28.3. The predicted octanol–water partition coefficient (Wildman–Crippen LogP) is 2.49. The molecular weight excluding hydrogens is 294 g/mol. The van der Waals surface area contributed by atoms with Gasteiger partial charge in [0.05, 0.1) is 6.61 Å². The molecule has 0 spiro atoms. The first kappa shape index (κ1) is 16.8. The molecule has 2 N–H and O–H groups in total. The van der Waals surface area contributed by atoms with Crippen LogP contribution >= 0.6 is 0 Å². The first-order valence-electron chi connectivity index (χ1n) is 9.18. The summed E-state index contributed by atoms with van der Waals surface area (Å²) in [5.41, 5.74) is 0. The summed E-state index contributed by atoms with van der Waals surface area (Å²) in [6.07, 6.45) is 11.2. The number of hydrogen-bond donors (Lipinski definition) is 2. The van der Waals surface area contributed by atoms with Gasteiger partial charge >= 0.3 is 0 Å². The molecule has 1 aliphatic heterocycles. The highest BCUT2D eigenvalue weighted by atomic mass is 16.7. The smallest absolute Gasteiger partial charge is 0.286 e. The van der Waals surface area contributed by atoms with Crippen LogP contribution in [0.5, 0.6) is 0 Å². The molecule has 23 heavy (non-hydrogen) atoms. The molecule has 0 aromatic rings. The Bertz CT molecular complexity index is 429. The van der Waals surface area contributed by atoms with Crippen LogP contribution < -0.4 is 5.32 Å². The van der Waals surface area contributed by atoms with Crippen molar-refractivity contribution < 1.29 is 19.4 Å². The summed E-state index contributed by atoms with van der Waals surface area (Å²) in [5, 5.41) is 11.9. The Balaban J connectivity index is 1.56. The minimum atomic E-state index is -0.327. The Kier molecular flexibility index (Phi) is 5.95. The Morgan fingerprint density at radius 2 is 2.04 bits per heavy atom. The van der Waals surface area contributed by atoms with Crippen LogP contribution in [0.3, 0.4) is 0 Å². The quantitative estimate of drug-likeness (QED) is 0.674. The van der Waals surface area contributed by atoms with Gasteiger partial charge in [-0.25, -0.2) is 0 Å². The second-order valence-electron chi connectivity index (χ2n) is 7.07. The summed E-state index contributed by atoms with van der Waals surface area (Å²) in [6, 6.07) is 0.319. The predicted molar refractivity (Wildman–Crippen MR) is 86.5 cm³/mol. The molecule has 0 unspecified atom stereocenters. The molecule has 3 aliphatic rings. The highest BCUT2D eigenvalue weighted by Gasteiger charge is 2.35. The lowest BCUT2D eigenvalue weighted by atomic mass is 9.73. The van der Waals surface area contributed by atoms with E-state index in [1.165, 1.54) is 25.7 Å². The molecule has 5 nitrogen and oxygen atoms in total. The van der Waals surface area contributed by atoms with Crippen molar-refractivity contribution >= 4 is 5.91 Å². The van der Waals surface area contributed by atoms with E-state index in [-0.39, 0.29) is 18.8 Å². The van der Waals surface area contributed by atoms with E-state index < -0.39 is 0 Å². The van der Waals surface area contributed by atoms with Gasteiger partial charge in [-0.1, -0.05) is 6.42 Å². The molecule has 0 aromatic carbocycles. The number of allylic oxidation sites excluding steroid dienone is 1. The number of amides is 1. The number of nitrogens with one attached hydrogen (secondary N) is 1. The van der Waals surface area contributed by atoms with Crippen LogP contribution in [-0.2, 0) is 14.3 Å². The van der Waals surface area contributed by atoms with Crippen molar-refractivity contribution in [2.75, 3.05) is 13.2 Å². The molecule has 2 saturated carbocycles. The standard InChI is InChI=1S/C18H29NO4/c20-9-1-2-10-22-17-12-14(13-5-3-6-13)11-16(23-17)18(21)19-15-7-4-8-15/h11,13-15,17,20H,1-10,12H2,(H,19,21)/t14-,17+/m1/s1. The summed E-state index contributed by atoms with van der Waals surface area (Å²) in [7, 11) is 0. The van der Waals surface area contributed by atoms with Gasteiger partial charge in [0, 0.05) is 19.1 Å². The maximum Gasteiger partial charge on any atom is 0.286 e. The summed E-state index contributed by atoms with van der Waals surface area (Å²) < 4.78 is 11.6. The lowest BCUT2D eigenvalue weighted by molar-refractivity contribution is -0.153. The molecule has 1 amide bonds. The molecular formula is C18H29NO4. The molecule has 2 atom stereocenters. The SMILES string of the molecule is O=C(NC1CCC1)C1=C[C@@H](C2CCC2)C[C@@H](OCCCCO)O1. The number of carbonyl (C=O) groups excluding carboxylic acids is 1. The van der Waals surface area contributed by atoms with Crippen LogP contribution in [0.25, 0.3) is 0 Å². The van der Waals surface area contributed by atoms with Gasteiger partial charge in [-0.15, -0.1) is 0 Å². The van der Waals surface area contributed by atoms with Gasteiger partial charge in [-0.3, -0.25) is 4.79 Å². The third-order valence-electron chi connectivity index (χ3n) is 5.36. The minimum Gasteiger partial charge on any atom is -0.459 e. The van der Waals surface area contributed by atoms with Crippen molar-refractivity contribution in [1.82, 2.24) is 5.32 Å². The average molecular weight is 323 g/mol. The van der Waals surface area contributed by atoms with Crippen LogP contribution in [0.4, 0.5) is 0 Å². The highest BCUT2D eigenvalue weighted by Crippen LogP contribution is 2.40. The molecule has 1 heterocycles. The van der Waals surface area contributed by atoms with E-state index >= 15 is 0 Å². The molecule has 2 aliphatic carbocycles. The zero-order valence-corrected chi connectivity index (χ0v) is 13.8. The van der Waals surface area contributed by atoms with Crippen LogP contribution in [0.2, 0.25) is 0 Å². The monoisotopic (exact) mass is 323 g/mol. The van der Waals surface area contributed by atoms with Crippen molar-refractivity contribution in [1.29, 1.82) is 0 Å². The van der Waals surface area contributed by atoms with Gasteiger partial charge in [0.2, 0.25) is 6.29 Å². The topological polar surface area (TPSA) is 67.8 Å². The average Bonchev–Trinajstić information content (AvgIpc) is 2.45. The molecule has 0 saturated heterocycles. The fraction of sp³-hybridized carbons (Fsp3) is 0.833. The lowest BCUT2D eigenvalue weighted by Gasteiger charge is -2.37. The number of hydrogen-bond acceptors (Lipinski definition) is 4. The van der Waals surface area contributed by atoms with Gasteiger partial charge in [0.1, 0.15) is 0 Å². The molecule has 0 bridgehead atoms. The van der Waals surface area contributed by atoms with Crippen LogP contribution in [-0.4, -0.2) is 36.6 Å². The maximum absolute atomic E-state index is 12.4. The van der Waals surface area contributed by atoms with Crippen molar-refractivity contribution in [3.8, 4) is 0 Å². The molecule has 5 heteroatoms. The Morgan fingerprint density at radius 1 is 1.26 bits per heavy atom. The Labute approximate surface area is 138 Å². The van der Waals surface area contributed by atoms with E-state index in [0.29, 0.717) is 30.2 Å². The number of ether oxygens (including phenoxy) is 2. The third kappa shape index (κ3) is 4.48. The first-order chi connectivity index (χ1) is 11.3. The van der Waals surface area contributed by atoms with Crippen molar-refractivity contribution in [3.05, 3.63) is 11.8 Å². The van der Waals surface area contributed by atoms with Crippen molar-refractivity contribution in [2.45, 2.75) is 70.1 Å². The van der Waals surface area contributed by atoms with Gasteiger partial charge in [0.15, 0.2) is 5.76 Å². The lowest BCUT2D eigenvalue weighted by Crippen LogP contribution is -2.42. The third-order valence-corrected chi connectivity index (χ3v) is 5.36. The fourth-order valence-corrected chi connectivity index (χ4v) is 3.38. The summed E-state index contributed by atoms with van der Waals surface area (Å²) in [5.74, 6) is 1.44. The largest absolute Gasteiger partial charge is 0.459 e. The molecule has 2 fully saturated rings. The van der Waals surface area contributed by atoms with Gasteiger partial charge in [-0.05, 0) is 62.9 Å². The van der Waals surface area contributed by atoms with Crippen molar-refractivity contribution in [2.24, 2.45) is 11.8 Å². The van der Waals surface area contributed by atoms with E-state index in [4.69, 9.17) is 14.6 Å². The molecule has 130 valence electrons. The van der Waals surface area contributed by atoms with E-state index in [9.17, 15) is 4.79 Å². The summed E-state index contributed by atoms with van der Waals surface area (Å²) in [6.45, 7) is 0.759. The summed E-state index contributed by atoms with van der Waals surface area (Å²) >= 11 is 0. The Morgan fingerprint density at radius 3 is 2.65 bits per heavy atom. The van der Waals surface area contributed by atoms with E-state index in [2.05, 4.69) is 5.32 Å². The number of aliphatic hydroxyl groups excluding tert-OH is 1. The van der Waals surface area contributed by atoms with Crippen LogP contribution in [0.1, 0.15) is 57.8 Å². The molecule has 3 rings (SSSR count). The zero-order chi connectivity index (χ0) is 16.1. The number of carbonyl (C=O) groups is 1. The van der Waals surface area contributed by atoms with Gasteiger partial charge in [0.25, 0.3) is 5.91 Å². The number of unbranched alkanes of at least 4 members (excludes halogenated alkanes) is 1. The van der Waals surface area contributed by atoms with Crippen LogP contribution in [0, 0.1) is 11.8 Å². The van der Waals surface area contributed by atoms with E-state index in [0.717, 1.165) is 32.1 Å². The van der Waals surface area contributed by atoms with Gasteiger partial charge in [-0.2, -0.15) is 0 Å². The second kappa shape index (κ2) is 8.15. The van der Waals surface area contributed by atoms with Crippen molar-refractivity contribution in [3.63, 3.8) is 0 Å². The maximum atomic E-state index is 12.4.